The van der Waals surface area contributed by atoms with Crippen LogP contribution in [0.25, 0.3) is 33.7 Å². The normalized spacial score (nSPS) is 10.9. The highest BCUT2D eigenvalue weighted by molar-refractivity contribution is 5.79. The van der Waals surface area contributed by atoms with Crippen LogP contribution in [0.15, 0.2) is 59.7 Å². The zero-order valence-corrected chi connectivity index (χ0v) is 11.4. The Kier molecular flexibility index (Phi) is 2.79. The zero-order valence-electron chi connectivity index (χ0n) is 11.4. The Bertz CT molecular complexity index is 971. The highest BCUT2D eigenvalue weighted by Gasteiger charge is 2.11. The van der Waals surface area contributed by atoms with Gasteiger partial charge in [-0.25, -0.2) is 10.1 Å². The SMILES string of the molecule is O=c1[nH]nc(-c2ccncc2)cc1-c1nc2ccccc2[nH]1. The molecular weight excluding hydrogens is 278 g/mol. The van der Waals surface area contributed by atoms with Gasteiger partial charge >= 0.3 is 0 Å². The molecule has 0 aliphatic carbocycles. The number of hydrogen-bond donors (Lipinski definition) is 2. The summed E-state index contributed by atoms with van der Waals surface area (Å²) in [5.74, 6) is 0.528. The van der Waals surface area contributed by atoms with Crippen LogP contribution >= 0.6 is 0 Å². The van der Waals surface area contributed by atoms with Crippen molar-refractivity contribution in [3.05, 3.63) is 65.2 Å². The first-order valence-corrected chi connectivity index (χ1v) is 6.76. The van der Waals surface area contributed by atoms with Gasteiger partial charge in [0.15, 0.2) is 0 Å². The van der Waals surface area contributed by atoms with Crippen LogP contribution in [0.3, 0.4) is 0 Å². The second-order valence-corrected chi connectivity index (χ2v) is 4.83. The molecule has 0 bridgehead atoms. The predicted molar refractivity (Wildman–Crippen MR) is 83.2 cm³/mol. The monoisotopic (exact) mass is 289 g/mol. The van der Waals surface area contributed by atoms with Crippen molar-refractivity contribution < 1.29 is 0 Å². The molecule has 0 saturated heterocycles. The van der Waals surface area contributed by atoms with E-state index in [4.69, 9.17) is 0 Å². The smallest absolute Gasteiger partial charge is 0.275 e. The second-order valence-electron chi connectivity index (χ2n) is 4.83. The lowest BCUT2D eigenvalue weighted by molar-refractivity contribution is 0.993. The molecule has 3 heterocycles. The molecule has 0 amide bonds. The van der Waals surface area contributed by atoms with Gasteiger partial charge in [0.2, 0.25) is 0 Å². The summed E-state index contributed by atoms with van der Waals surface area (Å²) < 4.78 is 0. The number of rotatable bonds is 2. The van der Waals surface area contributed by atoms with Gasteiger partial charge in [0.1, 0.15) is 5.82 Å². The fourth-order valence-electron chi connectivity index (χ4n) is 2.33. The van der Waals surface area contributed by atoms with E-state index in [-0.39, 0.29) is 5.56 Å². The Morgan fingerprint density at radius 3 is 2.64 bits per heavy atom. The molecule has 4 rings (SSSR count). The van der Waals surface area contributed by atoms with Crippen LogP contribution in [0.5, 0.6) is 0 Å². The average molecular weight is 289 g/mol. The molecule has 1 aromatic carbocycles. The van der Waals surface area contributed by atoms with Crippen molar-refractivity contribution in [3.63, 3.8) is 0 Å². The molecule has 0 aliphatic rings. The first-order chi connectivity index (χ1) is 10.8. The van der Waals surface area contributed by atoms with Gasteiger partial charge in [-0.05, 0) is 30.3 Å². The van der Waals surface area contributed by atoms with Crippen LogP contribution < -0.4 is 5.56 Å². The van der Waals surface area contributed by atoms with Gasteiger partial charge in [-0.1, -0.05) is 12.1 Å². The first kappa shape index (κ1) is 12.5. The summed E-state index contributed by atoms with van der Waals surface area (Å²) in [7, 11) is 0. The molecule has 106 valence electrons. The standard InChI is InChI=1S/C16H11N5O/c22-16-11(15-18-12-3-1-2-4-13(12)19-15)9-14(20-21-16)10-5-7-17-8-6-10/h1-9H,(H,18,19)(H,21,22). The minimum Gasteiger partial charge on any atom is -0.338 e. The summed E-state index contributed by atoms with van der Waals surface area (Å²) in [6.07, 6.45) is 3.37. The summed E-state index contributed by atoms with van der Waals surface area (Å²) >= 11 is 0. The molecule has 0 atom stereocenters. The van der Waals surface area contributed by atoms with Crippen molar-refractivity contribution >= 4 is 11.0 Å². The molecule has 0 aliphatic heterocycles. The summed E-state index contributed by atoms with van der Waals surface area (Å²) in [6.45, 7) is 0. The zero-order chi connectivity index (χ0) is 14.9. The number of imidazole rings is 1. The lowest BCUT2D eigenvalue weighted by atomic mass is 10.1. The van der Waals surface area contributed by atoms with E-state index < -0.39 is 0 Å². The number of benzene rings is 1. The number of nitrogens with one attached hydrogen (secondary N) is 2. The fourth-order valence-corrected chi connectivity index (χ4v) is 2.33. The molecule has 22 heavy (non-hydrogen) atoms. The van der Waals surface area contributed by atoms with E-state index in [9.17, 15) is 4.79 Å². The van der Waals surface area contributed by atoms with Crippen LogP contribution in [0.2, 0.25) is 0 Å². The van der Waals surface area contributed by atoms with Crippen LogP contribution in [0.4, 0.5) is 0 Å². The fraction of sp³-hybridized carbons (Fsp3) is 0. The lowest BCUT2D eigenvalue weighted by Crippen LogP contribution is -2.12. The maximum atomic E-state index is 12.1. The quantitative estimate of drug-likeness (QED) is 0.593. The second kappa shape index (κ2) is 4.92. The minimum absolute atomic E-state index is 0.281. The number of nitrogens with zero attached hydrogens (tertiary/aromatic N) is 3. The summed E-state index contributed by atoms with van der Waals surface area (Å²) in [4.78, 5) is 23.7. The van der Waals surface area contributed by atoms with Gasteiger partial charge < -0.3 is 4.98 Å². The van der Waals surface area contributed by atoms with Gasteiger partial charge in [0, 0.05) is 18.0 Å². The molecule has 6 heteroatoms. The van der Waals surface area contributed by atoms with Gasteiger partial charge in [0.05, 0.1) is 22.3 Å². The Hall–Kier alpha value is -3.28. The molecule has 4 aromatic rings. The van der Waals surface area contributed by atoms with Gasteiger partial charge in [-0.2, -0.15) is 5.10 Å². The highest BCUT2D eigenvalue weighted by atomic mass is 16.1. The summed E-state index contributed by atoms with van der Waals surface area (Å²) in [5, 5.41) is 6.61. The number of hydrogen-bond acceptors (Lipinski definition) is 4. The Labute approximate surface area is 124 Å². The van der Waals surface area contributed by atoms with Crippen molar-refractivity contribution in [1.82, 2.24) is 25.1 Å². The van der Waals surface area contributed by atoms with Crippen LogP contribution in [-0.2, 0) is 0 Å². The maximum absolute atomic E-state index is 12.1. The number of pyridine rings is 1. The molecule has 3 aromatic heterocycles. The maximum Gasteiger partial charge on any atom is 0.275 e. The third-order valence-corrected chi connectivity index (χ3v) is 3.42. The minimum atomic E-state index is -0.281. The van der Waals surface area contributed by atoms with E-state index in [1.807, 2.05) is 36.4 Å². The molecular formula is C16H11N5O. The Morgan fingerprint density at radius 1 is 1.00 bits per heavy atom. The summed E-state index contributed by atoms with van der Waals surface area (Å²) in [6, 6.07) is 13.0. The first-order valence-electron chi connectivity index (χ1n) is 6.76. The van der Waals surface area contributed by atoms with Crippen molar-refractivity contribution in [2.24, 2.45) is 0 Å². The van der Waals surface area contributed by atoms with E-state index in [1.165, 1.54) is 0 Å². The Morgan fingerprint density at radius 2 is 1.82 bits per heavy atom. The van der Waals surface area contributed by atoms with Crippen LogP contribution in [0, 0.1) is 0 Å². The van der Waals surface area contributed by atoms with Crippen molar-refractivity contribution in [2.75, 3.05) is 0 Å². The third kappa shape index (κ3) is 2.07. The average Bonchev–Trinajstić information content (AvgIpc) is 3.00. The summed E-state index contributed by atoms with van der Waals surface area (Å²) in [5.41, 5.74) is 3.43. The molecule has 0 radical (unpaired) electrons. The Balaban J connectivity index is 1.89. The van der Waals surface area contributed by atoms with Crippen LogP contribution in [-0.4, -0.2) is 25.1 Å². The van der Waals surface area contributed by atoms with Crippen molar-refractivity contribution in [2.45, 2.75) is 0 Å². The highest BCUT2D eigenvalue weighted by Crippen LogP contribution is 2.21. The molecule has 0 saturated carbocycles. The molecule has 0 unspecified atom stereocenters. The van der Waals surface area contributed by atoms with Gasteiger partial charge in [-0.3, -0.25) is 9.78 Å². The topological polar surface area (TPSA) is 87.3 Å². The van der Waals surface area contributed by atoms with Crippen molar-refractivity contribution in [1.29, 1.82) is 0 Å². The largest absolute Gasteiger partial charge is 0.338 e. The van der Waals surface area contributed by atoms with E-state index in [0.717, 1.165) is 16.6 Å². The molecule has 2 N–H and O–H groups in total. The number of para-hydroxylation sites is 2. The number of fused-ring (bicyclic) bond motifs is 1. The van der Waals surface area contributed by atoms with Crippen molar-refractivity contribution in [3.8, 4) is 22.6 Å². The number of aromatic amines is 2. The van der Waals surface area contributed by atoms with Crippen LogP contribution in [0.1, 0.15) is 0 Å². The number of aromatic nitrogens is 5. The van der Waals surface area contributed by atoms with E-state index >= 15 is 0 Å². The number of H-pyrrole nitrogens is 2. The predicted octanol–water partition coefficient (Wildman–Crippen LogP) is 2.38. The van der Waals surface area contributed by atoms with E-state index in [1.54, 1.807) is 18.5 Å². The lowest BCUT2D eigenvalue weighted by Gasteiger charge is -2.01. The van der Waals surface area contributed by atoms with E-state index in [2.05, 4.69) is 25.1 Å². The van der Waals surface area contributed by atoms with E-state index in [0.29, 0.717) is 17.1 Å². The molecule has 0 spiro atoms. The van der Waals surface area contributed by atoms with Gasteiger partial charge in [-0.15, -0.1) is 0 Å². The van der Waals surface area contributed by atoms with Gasteiger partial charge in [0.25, 0.3) is 5.56 Å². The molecule has 0 fully saturated rings. The molecule has 6 nitrogen and oxygen atoms in total. The third-order valence-electron chi connectivity index (χ3n) is 3.42.